The van der Waals surface area contributed by atoms with Gasteiger partial charge in [0, 0.05) is 17.4 Å². The number of carboxylic acids is 1. The summed E-state index contributed by atoms with van der Waals surface area (Å²) in [6.07, 6.45) is 1.85. The summed E-state index contributed by atoms with van der Waals surface area (Å²) in [6.45, 7) is 0. The van der Waals surface area contributed by atoms with Gasteiger partial charge in [-0.3, -0.25) is 4.67 Å². The van der Waals surface area contributed by atoms with Crippen molar-refractivity contribution in [3.63, 3.8) is 0 Å². The number of rotatable bonds is 9. The predicted molar refractivity (Wildman–Crippen MR) is 124 cm³/mol. The minimum atomic E-state index is -5.09. The zero-order valence-electron chi connectivity index (χ0n) is 16.9. The van der Waals surface area contributed by atoms with Crippen LogP contribution in [0.4, 0.5) is 5.69 Å². The van der Waals surface area contributed by atoms with Gasteiger partial charge in [0.1, 0.15) is 0 Å². The first-order valence-electron chi connectivity index (χ1n) is 9.57. The Labute approximate surface area is 185 Å². The fourth-order valence-electron chi connectivity index (χ4n) is 3.97. The molecule has 0 saturated heterocycles. The molecule has 3 aromatic rings. The second kappa shape index (κ2) is 9.71. The second-order valence-electron chi connectivity index (χ2n) is 7.02. The van der Waals surface area contributed by atoms with Crippen molar-refractivity contribution in [1.82, 2.24) is 0 Å². The van der Waals surface area contributed by atoms with Crippen molar-refractivity contribution >= 4 is 31.2 Å². The van der Waals surface area contributed by atoms with E-state index in [0.717, 1.165) is 4.67 Å². The molecule has 8 heteroatoms. The van der Waals surface area contributed by atoms with Crippen molar-refractivity contribution in [2.24, 2.45) is 0 Å². The average molecular weight is 457 g/mol. The molecule has 0 aliphatic heterocycles. The third kappa shape index (κ3) is 4.55. The molecule has 3 N–H and O–H groups in total. The van der Waals surface area contributed by atoms with E-state index in [1.165, 1.54) is 23.9 Å². The minimum absolute atomic E-state index is 0.129. The van der Waals surface area contributed by atoms with E-state index in [4.69, 9.17) is 0 Å². The molecule has 0 amide bonds. The van der Waals surface area contributed by atoms with Crippen LogP contribution in [0.5, 0.6) is 0 Å². The summed E-state index contributed by atoms with van der Waals surface area (Å²) in [4.78, 5) is 34.2. The number of aliphatic carboxylic acids is 1. The molecule has 0 heterocycles. The molecule has 6 nitrogen and oxygen atoms in total. The zero-order chi connectivity index (χ0) is 22.5. The largest absolute Gasteiger partial charge is 0.479 e. The molecule has 2 atom stereocenters. The van der Waals surface area contributed by atoms with Gasteiger partial charge in [0.2, 0.25) is 0 Å². The van der Waals surface area contributed by atoms with Crippen LogP contribution in [0.1, 0.15) is 17.0 Å². The van der Waals surface area contributed by atoms with Crippen LogP contribution in [-0.4, -0.2) is 32.9 Å². The van der Waals surface area contributed by atoms with Gasteiger partial charge in [-0.15, -0.1) is 0 Å². The second-order valence-corrected chi connectivity index (χ2v) is 9.35. The predicted octanol–water partition coefficient (Wildman–Crippen LogP) is 4.71. The van der Waals surface area contributed by atoms with Gasteiger partial charge in [-0.25, -0.2) is 9.36 Å². The van der Waals surface area contributed by atoms with Crippen molar-refractivity contribution < 1.29 is 24.3 Å². The van der Waals surface area contributed by atoms with Crippen LogP contribution in [0.3, 0.4) is 0 Å². The van der Waals surface area contributed by atoms with Crippen LogP contribution < -0.4 is 4.67 Å². The quantitative estimate of drug-likeness (QED) is 0.400. The number of hydrogen-bond acceptors (Lipinski definition) is 3. The van der Waals surface area contributed by atoms with Crippen molar-refractivity contribution in [2.45, 2.75) is 11.5 Å². The summed E-state index contributed by atoms with van der Waals surface area (Å²) in [5.74, 6) is -1.78. The minimum Gasteiger partial charge on any atom is -0.479 e. The lowest BCUT2D eigenvalue weighted by Crippen LogP contribution is -2.55. The number of anilines is 1. The zero-order valence-corrected chi connectivity index (χ0v) is 18.6. The first-order valence-corrected chi connectivity index (χ1v) is 12.5. The van der Waals surface area contributed by atoms with Gasteiger partial charge in [0.05, 0.1) is 0 Å². The smallest absolute Gasteiger partial charge is 0.431 e. The Bertz CT molecular complexity index is 1050. The Morgan fingerprint density at radius 2 is 1.42 bits per heavy atom. The van der Waals surface area contributed by atoms with Crippen LogP contribution in [0, 0.1) is 0 Å². The molecule has 1 unspecified atom stereocenters. The van der Waals surface area contributed by atoms with Gasteiger partial charge in [0.15, 0.2) is 5.54 Å². The maximum atomic E-state index is 13.2. The highest BCUT2D eigenvalue weighted by Gasteiger charge is 2.58. The molecular formula is C23H24NO5PS. The Morgan fingerprint density at radius 1 is 0.935 bits per heavy atom. The lowest BCUT2D eigenvalue weighted by Gasteiger charge is -2.47. The number of carbonyl (C=O) groups is 1. The number of benzene rings is 3. The summed E-state index contributed by atoms with van der Waals surface area (Å²) in [6, 6.07) is 25.3. The molecule has 0 fully saturated rings. The molecule has 3 rings (SSSR count). The molecule has 0 saturated carbocycles. The van der Waals surface area contributed by atoms with Crippen LogP contribution in [0.15, 0.2) is 91.0 Å². The number of nitrogens with zero attached hydrogens (tertiary/aromatic N) is 1. The van der Waals surface area contributed by atoms with Crippen molar-refractivity contribution in [1.29, 1.82) is 0 Å². The number of para-hydroxylation sites is 1. The summed E-state index contributed by atoms with van der Waals surface area (Å²) >= 11 is 1.42. The van der Waals surface area contributed by atoms with Gasteiger partial charge in [0.25, 0.3) is 0 Å². The SMILES string of the molecule is CSCC(c1ccccc1)[C@](C(=O)O)(c1ccccc1)N(c1ccccc1)P(=O)(O)O. The van der Waals surface area contributed by atoms with Crippen LogP contribution in [0.2, 0.25) is 0 Å². The lowest BCUT2D eigenvalue weighted by atomic mass is 9.74. The normalized spacial score (nSPS) is 14.4. The summed E-state index contributed by atoms with van der Waals surface area (Å²) in [5.41, 5.74) is -0.967. The Morgan fingerprint density at radius 3 is 1.87 bits per heavy atom. The van der Waals surface area contributed by atoms with E-state index in [9.17, 15) is 24.3 Å². The van der Waals surface area contributed by atoms with E-state index in [0.29, 0.717) is 11.3 Å². The van der Waals surface area contributed by atoms with E-state index in [-0.39, 0.29) is 11.3 Å². The van der Waals surface area contributed by atoms with Crippen molar-refractivity contribution in [3.8, 4) is 0 Å². The summed E-state index contributed by atoms with van der Waals surface area (Å²) < 4.78 is 13.7. The maximum Gasteiger partial charge on any atom is 0.431 e. The van der Waals surface area contributed by atoms with Crippen LogP contribution in [-0.2, 0) is 14.9 Å². The van der Waals surface area contributed by atoms with E-state index in [1.807, 2.05) is 12.3 Å². The maximum absolute atomic E-state index is 13.2. The average Bonchev–Trinajstić information content (AvgIpc) is 2.77. The molecule has 0 aromatic heterocycles. The number of thioether (sulfide) groups is 1. The molecule has 3 aromatic carbocycles. The third-order valence-electron chi connectivity index (χ3n) is 5.17. The third-order valence-corrected chi connectivity index (χ3v) is 6.91. The van der Waals surface area contributed by atoms with Gasteiger partial charge < -0.3 is 14.9 Å². The van der Waals surface area contributed by atoms with Crippen molar-refractivity contribution in [3.05, 3.63) is 102 Å². The molecule has 0 aliphatic rings. The Hall–Kier alpha value is -2.57. The summed E-state index contributed by atoms with van der Waals surface area (Å²) in [5, 5.41) is 10.7. The van der Waals surface area contributed by atoms with Crippen LogP contribution in [0.25, 0.3) is 0 Å². The van der Waals surface area contributed by atoms with Crippen LogP contribution >= 0.6 is 19.5 Å². The molecule has 162 valence electrons. The highest BCUT2D eigenvalue weighted by Crippen LogP contribution is 2.57. The fraction of sp³-hybridized carbons (Fsp3) is 0.174. The standard InChI is InChI=1S/C23H24NO5PS/c1-31-17-21(18-11-5-2-6-12-18)23(22(25)26,19-13-7-3-8-14-19)24(30(27,28)29)20-15-9-4-10-16-20/h2-16,21H,17H2,1H3,(H,25,26)(H2,27,28,29)/t21?,23-/m0/s1. The van der Waals surface area contributed by atoms with E-state index in [1.54, 1.807) is 72.8 Å². The van der Waals surface area contributed by atoms with Gasteiger partial charge >= 0.3 is 13.7 Å². The van der Waals surface area contributed by atoms with E-state index in [2.05, 4.69) is 0 Å². The molecule has 0 aliphatic carbocycles. The first-order chi connectivity index (χ1) is 14.8. The Balaban J connectivity index is 2.45. The highest BCUT2D eigenvalue weighted by atomic mass is 32.2. The van der Waals surface area contributed by atoms with E-state index < -0.39 is 25.2 Å². The molecule has 31 heavy (non-hydrogen) atoms. The Kier molecular flexibility index (Phi) is 7.23. The van der Waals surface area contributed by atoms with Gasteiger partial charge in [-0.2, -0.15) is 11.8 Å². The number of hydrogen-bond donors (Lipinski definition) is 3. The monoisotopic (exact) mass is 457 g/mol. The van der Waals surface area contributed by atoms with Gasteiger partial charge in [-0.1, -0.05) is 78.9 Å². The fourth-order valence-corrected chi connectivity index (χ4v) is 5.92. The number of carboxylic acid groups (broad SMARTS) is 1. The van der Waals surface area contributed by atoms with Crippen molar-refractivity contribution in [2.75, 3.05) is 16.7 Å². The first kappa shape index (κ1) is 23.1. The summed E-state index contributed by atoms with van der Waals surface area (Å²) in [7, 11) is -5.09. The van der Waals surface area contributed by atoms with E-state index >= 15 is 0 Å². The topological polar surface area (TPSA) is 98.1 Å². The highest BCUT2D eigenvalue weighted by molar-refractivity contribution is 7.98. The molecule has 0 radical (unpaired) electrons. The molecule has 0 spiro atoms. The molecular weight excluding hydrogens is 433 g/mol. The lowest BCUT2D eigenvalue weighted by molar-refractivity contribution is -0.144. The molecule has 0 bridgehead atoms. The van der Waals surface area contributed by atoms with Gasteiger partial charge in [-0.05, 0) is 29.5 Å².